The van der Waals surface area contributed by atoms with Crippen LogP contribution in [0, 0.1) is 6.92 Å². The van der Waals surface area contributed by atoms with Gasteiger partial charge >= 0.3 is 0 Å². The first-order valence-electron chi connectivity index (χ1n) is 8.05. The molecule has 0 saturated carbocycles. The van der Waals surface area contributed by atoms with Crippen molar-refractivity contribution < 1.29 is 4.74 Å². The summed E-state index contributed by atoms with van der Waals surface area (Å²) in [6, 6.07) is 17.3. The monoisotopic (exact) mass is 386 g/mol. The van der Waals surface area contributed by atoms with Crippen LogP contribution < -0.4 is 15.4 Å². The number of hydrogen-bond acceptors (Lipinski definition) is 3. The molecule has 0 aliphatic heterocycles. The van der Waals surface area contributed by atoms with Crippen molar-refractivity contribution in [2.24, 2.45) is 0 Å². The second-order valence-electron chi connectivity index (χ2n) is 5.70. The Morgan fingerprint density at radius 3 is 2.65 bits per heavy atom. The zero-order valence-electron chi connectivity index (χ0n) is 14.5. The average Bonchev–Trinajstić information content (AvgIpc) is 2.96. The zero-order valence-corrected chi connectivity index (χ0v) is 16.1. The average molecular weight is 387 g/mol. The Bertz CT molecular complexity index is 925. The molecule has 1 aromatic heterocycles. The Labute approximate surface area is 162 Å². The molecule has 1 heterocycles. The lowest BCUT2D eigenvalue weighted by atomic mass is 10.2. The number of hydrogen-bond donors (Lipinski definition) is 2. The number of rotatable bonds is 5. The molecule has 134 valence electrons. The van der Waals surface area contributed by atoms with Crippen LogP contribution in [0.2, 0.25) is 5.02 Å². The van der Waals surface area contributed by atoms with Crippen LogP contribution in [0.5, 0.6) is 5.75 Å². The van der Waals surface area contributed by atoms with Gasteiger partial charge in [0.15, 0.2) is 10.9 Å². The summed E-state index contributed by atoms with van der Waals surface area (Å²) in [6.45, 7) is 2.59. The highest BCUT2D eigenvalue weighted by atomic mass is 35.5. The molecule has 0 saturated heterocycles. The highest BCUT2D eigenvalue weighted by Crippen LogP contribution is 2.23. The van der Waals surface area contributed by atoms with E-state index in [9.17, 15) is 0 Å². The van der Waals surface area contributed by atoms with E-state index in [0.717, 1.165) is 27.7 Å². The first-order chi connectivity index (χ1) is 12.6. The molecular weight excluding hydrogens is 368 g/mol. The van der Waals surface area contributed by atoms with Crippen molar-refractivity contribution in [1.29, 1.82) is 0 Å². The van der Waals surface area contributed by atoms with Crippen LogP contribution in [-0.2, 0) is 6.54 Å². The molecule has 0 bridgehead atoms. The van der Waals surface area contributed by atoms with E-state index in [1.807, 2.05) is 66.2 Å². The predicted molar refractivity (Wildman–Crippen MR) is 110 cm³/mol. The molecule has 26 heavy (non-hydrogen) atoms. The summed E-state index contributed by atoms with van der Waals surface area (Å²) in [6.07, 6.45) is 0. The molecule has 0 aliphatic rings. The summed E-state index contributed by atoms with van der Waals surface area (Å²) >= 11 is 11.6. The topological polar surface area (TPSA) is 51.1 Å². The number of nitrogens with zero attached hydrogens (tertiary/aromatic N) is 2. The van der Waals surface area contributed by atoms with Gasteiger partial charge in [-0.15, -0.1) is 0 Å². The number of benzene rings is 2. The minimum atomic E-state index is 0.442. The third-order valence-corrected chi connectivity index (χ3v) is 4.43. The number of aryl methyl sites for hydroxylation is 1. The Balaban J connectivity index is 1.69. The third-order valence-electron chi connectivity index (χ3n) is 3.86. The number of nitrogens with one attached hydrogen (secondary N) is 2. The van der Waals surface area contributed by atoms with E-state index in [0.29, 0.717) is 17.5 Å². The molecule has 2 N–H and O–H groups in total. The Kier molecular flexibility index (Phi) is 5.75. The van der Waals surface area contributed by atoms with Crippen LogP contribution in [0.15, 0.2) is 54.6 Å². The van der Waals surface area contributed by atoms with Crippen LogP contribution in [0.4, 0.5) is 11.5 Å². The van der Waals surface area contributed by atoms with Crippen molar-refractivity contribution in [3.8, 4) is 5.75 Å². The summed E-state index contributed by atoms with van der Waals surface area (Å²) in [5, 5.41) is 12.0. The molecule has 5 nitrogen and oxygen atoms in total. The zero-order chi connectivity index (χ0) is 18.5. The molecule has 0 amide bonds. The maximum atomic E-state index is 6.24. The molecular formula is C19H19ClN4OS. The standard InChI is InChI=1S/C19H19ClN4OS/c1-13-11-18(23-24(13)12-14-7-3-4-8-15(14)20)22-19(26)21-16-9-5-6-10-17(16)25-2/h3-11H,12H2,1-2H3,(H2,21,22,23,26). The smallest absolute Gasteiger partial charge is 0.176 e. The molecule has 3 rings (SSSR count). The molecule has 0 atom stereocenters. The van der Waals surface area contributed by atoms with E-state index in [1.54, 1.807) is 7.11 Å². The first-order valence-corrected chi connectivity index (χ1v) is 8.84. The maximum absolute atomic E-state index is 6.24. The Morgan fingerprint density at radius 2 is 1.88 bits per heavy atom. The van der Waals surface area contributed by atoms with E-state index in [4.69, 9.17) is 28.6 Å². The highest BCUT2D eigenvalue weighted by molar-refractivity contribution is 7.80. The normalized spacial score (nSPS) is 10.4. The van der Waals surface area contributed by atoms with E-state index in [2.05, 4.69) is 15.7 Å². The van der Waals surface area contributed by atoms with Crippen molar-refractivity contribution in [2.75, 3.05) is 17.7 Å². The van der Waals surface area contributed by atoms with Crippen LogP contribution in [-0.4, -0.2) is 22.0 Å². The SMILES string of the molecule is COc1ccccc1NC(=S)Nc1cc(C)n(Cc2ccccc2Cl)n1. The molecule has 2 aromatic carbocycles. The summed E-state index contributed by atoms with van der Waals surface area (Å²) in [5.41, 5.74) is 2.81. The molecule has 3 aromatic rings. The van der Waals surface area contributed by atoms with E-state index < -0.39 is 0 Å². The maximum Gasteiger partial charge on any atom is 0.176 e. The second kappa shape index (κ2) is 8.21. The minimum Gasteiger partial charge on any atom is -0.495 e. The summed E-state index contributed by atoms with van der Waals surface area (Å²) < 4.78 is 7.20. The van der Waals surface area contributed by atoms with Gasteiger partial charge in [0.1, 0.15) is 5.75 Å². The molecule has 0 unspecified atom stereocenters. The molecule has 7 heteroatoms. The fourth-order valence-electron chi connectivity index (χ4n) is 2.54. The lowest BCUT2D eigenvalue weighted by molar-refractivity contribution is 0.417. The molecule has 0 radical (unpaired) electrons. The largest absolute Gasteiger partial charge is 0.495 e. The highest BCUT2D eigenvalue weighted by Gasteiger charge is 2.09. The lowest BCUT2D eigenvalue weighted by Crippen LogP contribution is -2.20. The van der Waals surface area contributed by atoms with Gasteiger partial charge in [-0.2, -0.15) is 5.10 Å². The van der Waals surface area contributed by atoms with Crippen LogP contribution in [0.25, 0.3) is 0 Å². The first kappa shape index (κ1) is 18.2. The number of anilines is 2. The second-order valence-corrected chi connectivity index (χ2v) is 6.51. The third kappa shape index (κ3) is 4.33. The fraction of sp³-hybridized carbons (Fsp3) is 0.158. The summed E-state index contributed by atoms with van der Waals surface area (Å²) in [5.74, 6) is 1.39. The Hall–Kier alpha value is -2.57. The van der Waals surface area contributed by atoms with Crippen molar-refractivity contribution >= 4 is 40.4 Å². The molecule has 0 fully saturated rings. The van der Waals surface area contributed by atoms with Crippen LogP contribution in [0.1, 0.15) is 11.3 Å². The van der Waals surface area contributed by atoms with Gasteiger partial charge in [0.25, 0.3) is 0 Å². The van der Waals surface area contributed by atoms with Gasteiger partial charge in [-0.3, -0.25) is 4.68 Å². The van der Waals surface area contributed by atoms with Crippen molar-refractivity contribution in [3.63, 3.8) is 0 Å². The van der Waals surface area contributed by atoms with Gasteiger partial charge in [0, 0.05) is 16.8 Å². The van der Waals surface area contributed by atoms with E-state index in [-0.39, 0.29) is 0 Å². The number of halogens is 1. The van der Waals surface area contributed by atoms with Gasteiger partial charge < -0.3 is 15.4 Å². The minimum absolute atomic E-state index is 0.442. The lowest BCUT2D eigenvalue weighted by Gasteiger charge is -2.12. The van der Waals surface area contributed by atoms with Crippen molar-refractivity contribution in [2.45, 2.75) is 13.5 Å². The van der Waals surface area contributed by atoms with Gasteiger partial charge in [-0.05, 0) is 42.9 Å². The Morgan fingerprint density at radius 1 is 1.15 bits per heavy atom. The van der Waals surface area contributed by atoms with Crippen LogP contribution in [0.3, 0.4) is 0 Å². The number of methoxy groups -OCH3 is 1. The number of thiocarbonyl (C=S) groups is 1. The fourth-order valence-corrected chi connectivity index (χ4v) is 2.95. The number of aromatic nitrogens is 2. The van der Waals surface area contributed by atoms with Gasteiger partial charge in [-0.25, -0.2) is 0 Å². The van der Waals surface area contributed by atoms with Gasteiger partial charge in [0.05, 0.1) is 19.3 Å². The number of ether oxygens (including phenoxy) is 1. The van der Waals surface area contributed by atoms with Gasteiger partial charge in [0.2, 0.25) is 0 Å². The van der Waals surface area contributed by atoms with Crippen molar-refractivity contribution in [1.82, 2.24) is 9.78 Å². The molecule has 0 spiro atoms. The van der Waals surface area contributed by atoms with Crippen LogP contribution >= 0.6 is 23.8 Å². The molecule has 0 aliphatic carbocycles. The van der Waals surface area contributed by atoms with Crippen molar-refractivity contribution in [3.05, 3.63) is 70.9 Å². The number of para-hydroxylation sites is 2. The van der Waals surface area contributed by atoms with E-state index in [1.165, 1.54) is 0 Å². The van der Waals surface area contributed by atoms with Gasteiger partial charge in [-0.1, -0.05) is 41.9 Å². The summed E-state index contributed by atoms with van der Waals surface area (Å²) in [7, 11) is 1.62. The quantitative estimate of drug-likeness (QED) is 0.622. The predicted octanol–water partition coefficient (Wildman–Crippen LogP) is 4.71. The van der Waals surface area contributed by atoms with E-state index >= 15 is 0 Å². The summed E-state index contributed by atoms with van der Waals surface area (Å²) in [4.78, 5) is 0.